The third-order valence-electron chi connectivity index (χ3n) is 3.69. The zero-order chi connectivity index (χ0) is 12.3. The number of halogens is 1. The third kappa shape index (κ3) is 3.22. The van der Waals surface area contributed by atoms with Gasteiger partial charge in [-0.25, -0.2) is 0 Å². The van der Waals surface area contributed by atoms with Crippen LogP contribution in [0.15, 0.2) is 24.3 Å². The van der Waals surface area contributed by atoms with E-state index in [0.29, 0.717) is 12.3 Å². The van der Waals surface area contributed by atoms with Crippen LogP contribution in [0.25, 0.3) is 0 Å². The molecule has 1 fully saturated rings. The Hall–Kier alpha value is -1.02. The number of hydrogen-bond acceptors (Lipinski definition) is 1. The molecule has 92 valence electrons. The van der Waals surface area contributed by atoms with Crippen LogP contribution in [0.5, 0.6) is 0 Å². The Balaban J connectivity index is 2.19. The molecule has 0 aromatic heterocycles. The molecule has 17 heavy (non-hydrogen) atoms. The average molecular weight is 252 g/mol. The first-order chi connectivity index (χ1) is 8.16. The Morgan fingerprint density at radius 1 is 1.29 bits per heavy atom. The van der Waals surface area contributed by atoms with Crippen LogP contribution in [0.2, 0.25) is 5.02 Å². The first-order valence-corrected chi connectivity index (χ1v) is 6.58. The molecule has 0 saturated heterocycles. The van der Waals surface area contributed by atoms with Gasteiger partial charge in [0.2, 0.25) is 5.91 Å². The summed E-state index contributed by atoms with van der Waals surface area (Å²) in [7, 11) is 0. The maximum Gasteiger partial charge on any atom is 0.218 e. The van der Waals surface area contributed by atoms with E-state index in [9.17, 15) is 4.79 Å². The monoisotopic (exact) mass is 251 g/mol. The first kappa shape index (κ1) is 12.4. The molecule has 1 aromatic rings. The number of hydrogen-bond donors (Lipinski definition) is 1. The summed E-state index contributed by atoms with van der Waals surface area (Å²) >= 11 is 5.89. The van der Waals surface area contributed by atoms with Crippen molar-refractivity contribution in [3.05, 3.63) is 34.9 Å². The predicted octanol–water partition coefficient (Wildman–Crippen LogP) is 3.49. The maximum atomic E-state index is 11.2. The standard InChI is InChI=1S/C14H18ClNO/c15-12-7-5-11(6-8-12)13(9-14(16)17)10-3-1-2-4-10/h5-8,10,13H,1-4,9H2,(H2,16,17). The highest BCUT2D eigenvalue weighted by atomic mass is 35.5. The van der Waals surface area contributed by atoms with Gasteiger partial charge in [-0.15, -0.1) is 0 Å². The van der Waals surface area contributed by atoms with E-state index in [4.69, 9.17) is 17.3 Å². The molecule has 0 heterocycles. The molecule has 0 aliphatic heterocycles. The van der Waals surface area contributed by atoms with Crippen molar-refractivity contribution in [1.29, 1.82) is 0 Å². The number of primary amides is 1. The molecule has 1 aliphatic carbocycles. The van der Waals surface area contributed by atoms with Gasteiger partial charge < -0.3 is 5.73 Å². The zero-order valence-corrected chi connectivity index (χ0v) is 10.6. The molecule has 1 saturated carbocycles. The van der Waals surface area contributed by atoms with Crippen molar-refractivity contribution in [2.75, 3.05) is 0 Å². The van der Waals surface area contributed by atoms with E-state index in [-0.39, 0.29) is 11.8 Å². The summed E-state index contributed by atoms with van der Waals surface area (Å²) in [4.78, 5) is 11.2. The molecule has 3 heteroatoms. The van der Waals surface area contributed by atoms with E-state index in [2.05, 4.69) is 0 Å². The lowest BCUT2D eigenvalue weighted by molar-refractivity contribution is -0.118. The smallest absolute Gasteiger partial charge is 0.218 e. The van der Waals surface area contributed by atoms with Crippen molar-refractivity contribution < 1.29 is 4.79 Å². The maximum absolute atomic E-state index is 11.2. The summed E-state index contributed by atoms with van der Waals surface area (Å²) in [6, 6.07) is 7.82. The van der Waals surface area contributed by atoms with Gasteiger partial charge in [-0.2, -0.15) is 0 Å². The average Bonchev–Trinajstić information content (AvgIpc) is 2.80. The fourth-order valence-electron chi connectivity index (χ4n) is 2.84. The number of benzene rings is 1. The van der Waals surface area contributed by atoms with Crippen molar-refractivity contribution in [1.82, 2.24) is 0 Å². The molecule has 1 aromatic carbocycles. The normalized spacial score (nSPS) is 18.2. The molecular formula is C14H18ClNO. The molecule has 0 radical (unpaired) electrons. The summed E-state index contributed by atoms with van der Waals surface area (Å²) in [6.07, 6.45) is 5.41. The molecule has 0 bridgehead atoms. The molecule has 2 nitrogen and oxygen atoms in total. The van der Waals surface area contributed by atoms with E-state index in [1.165, 1.54) is 31.2 Å². The molecule has 1 amide bonds. The third-order valence-corrected chi connectivity index (χ3v) is 3.94. The van der Waals surface area contributed by atoms with Crippen molar-refractivity contribution in [3.63, 3.8) is 0 Å². The second-order valence-corrected chi connectivity index (χ2v) is 5.31. The first-order valence-electron chi connectivity index (χ1n) is 6.20. The van der Waals surface area contributed by atoms with Gasteiger partial charge in [0, 0.05) is 11.4 Å². The second-order valence-electron chi connectivity index (χ2n) is 4.87. The van der Waals surface area contributed by atoms with Gasteiger partial charge in [0.25, 0.3) is 0 Å². The number of carbonyl (C=O) groups is 1. The lowest BCUT2D eigenvalue weighted by Crippen LogP contribution is -2.19. The van der Waals surface area contributed by atoms with Gasteiger partial charge in [0.15, 0.2) is 0 Å². The molecule has 2 N–H and O–H groups in total. The Morgan fingerprint density at radius 2 is 1.88 bits per heavy atom. The van der Waals surface area contributed by atoms with Crippen molar-refractivity contribution >= 4 is 17.5 Å². The van der Waals surface area contributed by atoms with E-state index in [0.717, 1.165) is 5.02 Å². The lowest BCUT2D eigenvalue weighted by Gasteiger charge is -2.22. The van der Waals surface area contributed by atoms with Gasteiger partial charge in [-0.3, -0.25) is 4.79 Å². The molecule has 0 spiro atoms. The summed E-state index contributed by atoms with van der Waals surface area (Å²) in [5, 5.41) is 0.734. The topological polar surface area (TPSA) is 43.1 Å². The van der Waals surface area contributed by atoms with E-state index in [1.807, 2.05) is 24.3 Å². The number of nitrogens with two attached hydrogens (primary N) is 1. The van der Waals surface area contributed by atoms with E-state index in [1.54, 1.807) is 0 Å². The van der Waals surface area contributed by atoms with Gasteiger partial charge in [0.05, 0.1) is 0 Å². The Bertz CT molecular complexity index is 382. The van der Waals surface area contributed by atoms with Gasteiger partial charge >= 0.3 is 0 Å². The minimum Gasteiger partial charge on any atom is -0.370 e. The van der Waals surface area contributed by atoms with Crippen LogP contribution in [0, 0.1) is 5.92 Å². The van der Waals surface area contributed by atoms with Crippen molar-refractivity contribution in [2.45, 2.75) is 38.0 Å². The van der Waals surface area contributed by atoms with Crippen LogP contribution >= 0.6 is 11.6 Å². The number of rotatable bonds is 4. The van der Waals surface area contributed by atoms with Crippen LogP contribution in [-0.2, 0) is 4.79 Å². The molecule has 1 unspecified atom stereocenters. The zero-order valence-electron chi connectivity index (χ0n) is 9.86. The largest absolute Gasteiger partial charge is 0.370 e. The summed E-state index contributed by atoms with van der Waals surface area (Å²) in [5.74, 6) is 0.660. The van der Waals surface area contributed by atoms with Crippen LogP contribution in [0.1, 0.15) is 43.6 Å². The van der Waals surface area contributed by atoms with Crippen LogP contribution in [0.3, 0.4) is 0 Å². The molecule has 1 atom stereocenters. The van der Waals surface area contributed by atoms with E-state index < -0.39 is 0 Å². The lowest BCUT2D eigenvalue weighted by atomic mass is 9.82. The highest BCUT2D eigenvalue weighted by Gasteiger charge is 2.27. The predicted molar refractivity (Wildman–Crippen MR) is 70.0 cm³/mol. The van der Waals surface area contributed by atoms with Gasteiger partial charge in [-0.05, 0) is 42.4 Å². The van der Waals surface area contributed by atoms with Crippen LogP contribution in [0.4, 0.5) is 0 Å². The number of carbonyl (C=O) groups excluding carboxylic acids is 1. The van der Waals surface area contributed by atoms with Crippen molar-refractivity contribution in [2.24, 2.45) is 11.7 Å². The molecular weight excluding hydrogens is 234 g/mol. The van der Waals surface area contributed by atoms with Crippen molar-refractivity contribution in [3.8, 4) is 0 Å². The SMILES string of the molecule is NC(=O)CC(c1ccc(Cl)cc1)C1CCCC1. The summed E-state index contributed by atoms with van der Waals surface area (Å²) < 4.78 is 0. The minimum atomic E-state index is -0.211. The second kappa shape index (κ2) is 5.54. The highest BCUT2D eigenvalue weighted by molar-refractivity contribution is 6.30. The summed E-state index contributed by atoms with van der Waals surface area (Å²) in [6.45, 7) is 0. The molecule has 2 rings (SSSR count). The van der Waals surface area contributed by atoms with Gasteiger partial charge in [-0.1, -0.05) is 36.6 Å². The van der Waals surface area contributed by atoms with Gasteiger partial charge in [0.1, 0.15) is 0 Å². The number of amides is 1. The summed E-state index contributed by atoms with van der Waals surface area (Å²) in [5.41, 5.74) is 6.56. The molecule has 1 aliphatic rings. The fourth-order valence-corrected chi connectivity index (χ4v) is 2.97. The Kier molecular flexibility index (Phi) is 4.06. The fraction of sp³-hybridized carbons (Fsp3) is 0.500. The minimum absolute atomic E-state index is 0.211. The Labute approximate surface area is 107 Å². The van der Waals surface area contributed by atoms with Crippen LogP contribution < -0.4 is 5.73 Å². The highest BCUT2D eigenvalue weighted by Crippen LogP contribution is 2.39. The van der Waals surface area contributed by atoms with E-state index >= 15 is 0 Å². The quantitative estimate of drug-likeness (QED) is 0.875. The Morgan fingerprint density at radius 3 is 2.41 bits per heavy atom. The van der Waals surface area contributed by atoms with Crippen LogP contribution in [-0.4, -0.2) is 5.91 Å².